The zero-order valence-corrected chi connectivity index (χ0v) is 13.3. The molecule has 22 heavy (non-hydrogen) atoms. The predicted molar refractivity (Wildman–Crippen MR) is 89.6 cm³/mol. The summed E-state index contributed by atoms with van der Waals surface area (Å²) in [5, 5.41) is 6.18. The van der Waals surface area contributed by atoms with E-state index in [9.17, 15) is 4.79 Å². The summed E-state index contributed by atoms with van der Waals surface area (Å²) in [5.41, 5.74) is 3.50. The van der Waals surface area contributed by atoms with Crippen LogP contribution in [-0.4, -0.2) is 43.0 Å². The van der Waals surface area contributed by atoms with Crippen LogP contribution in [0.1, 0.15) is 15.9 Å². The Kier molecular flexibility index (Phi) is 5.49. The van der Waals surface area contributed by atoms with E-state index in [0.717, 1.165) is 23.5 Å². The Morgan fingerprint density at radius 2 is 2.00 bits per heavy atom. The third-order valence-electron chi connectivity index (χ3n) is 3.27. The number of pyridine rings is 1. The van der Waals surface area contributed by atoms with Gasteiger partial charge in [0.05, 0.1) is 17.4 Å². The Morgan fingerprint density at radius 1 is 1.23 bits per heavy atom. The number of carbonyl (C=O) groups is 1. The van der Waals surface area contributed by atoms with Crippen LogP contribution in [0.4, 0.5) is 11.4 Å². The zero-order valence-electron chi connectivity index (χ0n) is 13.3. The maximum atomic E-state index is 12.1. The molecule has 116 valence electrons. The van der Waals surface area contributed by atoms with E-state index in [1.54, 1.807) is 12.4 Å². The molecule has 0 bridgehead atoms. The first-order valence-corrected chi connectivity index (χ1v) is 7.27. The fraction of sp³-hybridized carbons (Fsp3) is 0.294. The Morgan fingerprint density at radius 3 is 2.73 bits per heavy atom. The van der Waals surface area contributed by atoms with Crippen molar-refractivity contribution in [2.24, 2.45) is 0 Å². The zero-order chi connectivity index (χ0) is 15.9. The fourth-order valence-corrected chi connectivity index (χ4v) is 2.00. The summed E-state index contributed by atoms with van der Waals surface area (Å²) in [4.78, 5) is 18.3. The van der Waals surface area contributed by atoms with E-state index in [-0.39, 0.29) is 5.91 Å². The summed E-state index contributed by atoms with van der Waals surface area (Å²) in [7, 11) is 3.95. The molecule has 1 aromatic carbocycles. The van der Waals surface area contributed by atoms with Gasteiger partial charge in [-0.1, -0.05) is 18.2 Å². The molecule has 0 aliphatic carbocycles. The lowest BCUT2D eigenvalue weighted by Crippen LogP contribution is -2.31. The van der Waals surface area contributed by atoms with Gasteiger partial charge >= 0.3 is 0 Å². The number of likely N-dealkylation sites (N-methyl/N-ethyl adjacent to an activating group) is 1. The lowest BCUT2D eigenvalue weighted by molar-refractivity contribution is 0.0950. The number of nitrogens with zero attached hydrogens (tertiary/aromatic N) is 2. The van der Waals surface area contributed by atoms with E-state index in [0.29, 0.717) is 12.1 Å². The fourth-order valence-electron chi connectivity index (χ4n) is 2.00. The summed E-state index contributed by atoms with van der Waals surface area (Å²) in [6.07, 6.45) is 3.29. The van der Waals surface area contributed by atoms with Gasteiger partial charge in [0.1, 0.15) is 0 Å². The second kappa shape index (κ2) is 7.56. The van der Waals surface area contributed by atoms with Crippen LogP contribution in [0.15, 0.2) is 42.7 Å². The van der Waals surface area contributed by atoms with Gasteiger partial charge in [-0.05, 0) is 38.7 Å². The molecule has 0 aliphatic rings. The number of hydrogen-bond acceptors (Lipinski definition) is 4. The van der Waals surface area contributed by atoms with Crippen molar-refractivity contribution in [2.45, 2.75) is 6.92 Å². The lowest BCUT2D eigenvalue weighted by Gasteiger charge is -2.12. The van der Waals surface area contributed by atoms with E-state index in [4.69, 9.17) is 0 Å². The molecule has 0 fully saturated rings. The van der Waals surface area contributed by atoms with Crippen molar-refractivity contribution in [2.75, 3.05) is 32.5 Å². The number of para-hydroxylation sites is 1. The summed E-state index contributed by atoms with van der Waals surface area (Å²) in [5.74, 6) is -0.109. The van der Waals surface area contributed by atoms with Crippen molar-refractivity contribution >= 4 is 17.3 Å². The van der Waals surface area contributed by atoms with E-state index in [2.05, 4.69) is 15.6 Å². The molecule has 1 aromatic heterocycles. The lowest BCUT2D eigenvalue weighted by atomic mass is 10.2. The number of carbonyl (C=O) groups excluding carboxylic acids is 1. The first-order valence-electron chi connectivity index (χ1n) is 7.27. The van der Waals surface area contributed by atoms with Gasteiger partial charge in [-0.3, -0.25) is 9.78 Å². The highest BCUT2D eigenvalue weighted by Crippen LogP contribution is 2.19. The molecular weight excluding hydrogens is 276 g/mol. The first kappa shape index (κ1) is 16.0. The first-order chi connectivity index (χ1) is 10.6. The molecule has 5 heteroatoms. The van der Waals surface area contributed by atoms with Gasteiger partial charge in [-0.2, -0.15) is 0 Å². The predicted octanol–water partition coefficient (Wildman–Crippen LogP) is 2.43. The molecule has 2 N–H and O–H groups in total. The van der Waals surface area contributed by atoms with Crippen LogP contribution >= 0.6 is 0 Å². The van der Waals surface area contributed by atoms with Crippen LogP contribution in [-0.2, 0) is 0 Å². The molecule has 0 atom stereocenters. The monoisotopic (exact) mass is 298 g/mol. The van der Waals surface area contributed by atoms with Crippen LogP contribution in [0.25, 0.3) is 0 Å². The third kappa shape index (κ3) is 4.56. The van der Waals surface area contributed by atoms with Gasteiger partial charge in [0.15, 0.2) is 0 Å². The molecule has 0 unspecified atom stereocenters. The molecule has 0 saturated carbocycles. The molecule has 2 aromatic rings. The molecule has 0 spiro atoms. The van der Waals surface area contributed by atoms with Crippen molar-refractivity contribution in [3.05, 3.63) is 53.9 Å². The largest absolute Gasteiger partial charge is 0.354 e. The molecule has 2 rings (SSSR count). The van der Waals surface area contributed by atoms with Crippen molar-refractivity contribution < 1.29 is 4.79 Å². The highest BCUT2D eigenvalue weighted by Gasteiger charge is 2.07. The number of aryl methyl sites for hydroxylation is 1. The van der Waals surface area contributed by atoms with Crippen molar-refractivity contribution in [1.29, 1.82) is 0 Å². The van der Waals surface area contributed by atoms with Crippen LogP contribution in [0, 0.1) is 6.92 Å². The third-order valence-corrected chi connectivity index (χ3v) is 3.27. The highest BCUT2D eigenvalue weighted by atomic mass is 16.1. The molecule has 0 aliphatic heterocycles. The normalized spacial score (nSPS) is 10.5. The molecular formula is C17H22N4O. The number of rotatable bonds is 6. The van der Waals surface area contributed by atoms with Crippen LogP contribution < -0.4 is 10.6 Å². The van der Waals surface area contributed by atoms with Crippen LogP contribution in [0.5, 0.6) is 0 Å². The number of aromatic nitrogens is 1. The Labute approximate surface area is 131 Å². The van der Waals surface area contributed by atoms with Crippen molar-refractivity contribution in [3.8, 4) is 0 Å². The molecule has 1 amide bonds. The van der Waals surface area contributed by atoms with Crippen molar-refractivity contribution in [1.82, 2.24) is 15.2 Å². The summed E-state index contributed by atoms with van der Waals surface area (Å²) < 4.78 is 0. The van der Waals surface area contributed by atoms with Crippen LogP contribution in [0.3, 0.4) is 0 Å². The van der Waals surface area contributed by atoms with Gasteiger partial charge in [-0.25, -0.2) is 0 Å². The van der Waals surface area contributed by atoms with Gasteiger partial charge in [0.2, 0.25) is 0 Å². The quantitative estimate of drug-likeness (QED) is 0.860. The second-order valence-electron chi connectivity index (χ2n) is 5.46. The SMILES string of the molecule is Cc1ccccc1Nc1cncc(C(=O)NCCN(C)C)c1. The highest BCUT2D eigenvalue weighted by molar-refractivity contribution is 5.94. The van der Waals surface area contributed by atoms with Gasteiger partial charge in [-0.15, -0.1) is 0 Å². The standard InChI is InChI=1S/C17H22N4O/c1-13-6-4-5-7-16(13)20-15-10-14(11-18-12-15)17(22)19-8-9-21(2)3/h4-7,10-12,20H,8-9H2,1-3H3,(H,19,22). The maximum Gasteiger partial charge on any atom is 0.252 e. The minimum atomic E-state index is -0.109. The van der Waals surface area contributed by atoms with Crippen LogP contribution in [0.2, 0.25) is 0 Å². The van der Waals surface area contributed by atoms with E-state index < -0.39 is 0 Å². The summed E-state index contributed by atoms with van der Waals surface area (Å²) >= 11 is 0. The number of anilines is 2. The van der Waals surface area contributed by atoms with E-state index in [1.807, 2.05) is 56.3 Å². The van der Waals surface area contributed by atoms with E-state index in [1.165, 1.54) is 0 Å². The summed E-state index contributed by atoms with van der Waals surface area (Å²) in [6, 6.07) is 9.81. The topological polar surface area (TPSA) is 57.3 Å². The Hall–Kier alpha value is -2.40. The molecule has 5 nitrogen and oxygen atoms in total. The minimum absolute atomic E-state index is 0.109. The average molecular weight is 298 g/mol. The average Bonchev–Trinajstić information content (AvgIpc) is 2.49. The van der Waals surface area contributed by atoms with Crippen molar-refractivity contribution in [3.63, 3.8) is 0 Å². The molecule has 0 saturated heterocycles. The number of hydrogen-bond donors (Lipinski definition) is 2. The number of benzene rings is 1. The Balaban J connectivity index is 2.03. The van der Waals surface area contributed by atoms with Gasteiger partial charge < -0.3 is 15.5 Å². The summed E-state index contributed by atoms with van der Waals surface area (Å²) in [6.45, 7) is 3.45. The minimum Gasteiger partial charge on any atom is -0.354 e. The van der Waals surface area contributed by atoms with Gasteiger partial charge in [0, 0.05) is 25.0 Å². The number of amides is 1. The molecule has 0 radical (unpaired) electrons. The van der Waals surface area contributed by atoms with E-state index >= 15 is 0 Å². The molecule has 1 heterocycles. The number of nitrogens with one attached hydrogen (secondary N) is 2. The Bertz CT molecular complexity index is 640. The smallest absolute Gasteiger partial charge is 0.252 e. The van der Waals surface area contributed by atoms with Gasteiger partial charge in [0.25, 0.3) is 5.91 Å². The second-order valence-corrected chi connectivity index (χ2v) is 5.46. The maximum absolute atomic E-state index is 12.1.